The SMILES string of the molecule is C=S1(=O)CCN(C(C)C)C1. The second kappa shape index (κ2) is 2.55. The number of nitrogens with zero attached hydrogens (tertiary/aromatic N) is 1. The summed E-state index contributed by atoms with van der Waals surface area (Å²) in [6, 6.07) is 0.519. The third-order valence-electron chi connectivity index (χ3n) is 1.88. The monoisotopic (exact) mass is 161 g/mol. The van der Waals surface area contributed by atoms with Crippen LogP contribution >= 0.6 is 0 Å². The fourth-order valence-electron chi connectivity index (χ4n) is 1.12. The minimum Gasteiger partial charge on any atom is -0.289 e. The van der Waals surface area contributed by atoms with E-state index in [0.29, 0.717) is 11.9 Å². The molecule has 0 bridgehead atoms. The second-order valence-corrected chi connectivity index (χ2v) is 5.80. The summed E-state index contributed by atoms with van der Waals surface area (Å²) in [7, 11) is -1.71. The first-order chi connectivity index (χ1) is 4.51. The largest absolute Gasteiger partial charge is 0.289 e. The minimum absolute atomic E-state index is 0.519. The predicted octanol–water partition coefficient (Wildman–Crippen LogP) is 0.384. The number of hydrogen-bond donors (Lipinski definition) is 0. The fourth-order valence-corrected chi connectivity index (χ4v) is 2.85. The smallest absolute Gasteiger partial charge is 0.0673 e. The summed E-state index contributed by atoms with van der Waals surface area (Å²) in [6.45, 7) is 5.21. The molecule has 0 aromatic carbocycles. The molecule has 1 unspecified atom stereocenters. The Hall–Kier alpha value is -0.0200. The van der Waals surface area contributed by atoms with Crippen LogP contribution in [-0.4, -0.2) is 39.2 Å². The Morgan fingerprint density at radius 1 is 1.60 bits per heavy atom. The highest BCUT2D eigenvalue weighted by molar-refractivity contribution is 8.00. The Labute approximate surface area is 63.2 Å². The third-order valence-corrected chi connectivity index (χ3v) is 3.61. The van der Waals surface area contributed by atoms with Crippen molar-refractivity contribution in [3.8, 4) is 0 Å². The van der Waals surface area contributed by atoms with Crippen LogP contribution in [0.1, 0.15) is 13.8 Å². The lowest BCUT2D eigenvalue weighted by atomic mass is 10.3. The Morgan fingerprint density at radius 2 is 2.20 bits per heavy atom. The molecule has 0 aliphatic carbocycles. The van der Waals surface area contributed by atoms with E-state index in [1.54, 1.807) is 0 Å². The lowest BCUT2D eigenvalue weighted by Gasteiger charge is -2.17. The van der Waals surface area contributed by atoms with Gasteiger partial charge in [0.15, 0.2) is 0 Å². The van der Waals surface area contributed by atoms with Gasteiger partial charge in [-0.2, -0.15) is 0 Å². The van der Waals surface area contributed by atoms with Crippen LogP contribution in [0.4, 0.5) is 0 Å². The normalized spacial score (nSPS) is 35.5. The molecule has 60 valence electrons. The van der Waals surface area contributed by atoms with Crippen molar-refractivity contribution >= 4 is 15.4 Å². The first-order valence-electron chi connectivity index (χ1n) is 3.58. The Bertz CT molecular complexity index is 206. The van der Waals surface area contributed by atoms with E-state index in [4.69, 9.17) is 0 Å². The van der Waals surface area contributed by atoms with Gasteiger partial charge in [0, 0.05) is 18.3 Å². The average Bonchev–Trinajstić information content (AvgIpc) is 2.10. The quantitative estimate of drug-likeness (QED) is 0.518. The van der Waals surface area contributed by atoms with Crippen molar-refractivity contribution in [2.45, 2.75) is 19.9 Å². The highest BCUT2D eigenvalue weighted by Crippen LogP contribution is 2.09. The van der Waals surface area contributed by atoms with Crippen LogP contribution in [0.2, 0.25) is 0 Å². The Morgan fingerprint density at radius 3 is 2.40 bits per heavy atom. The molecule has 1 aliphatic rings. The predicted molar refractivity (Wildman–Crippen MR) is 46.8 cm³/mol. The van der Waals surface area contributed by atoms with Gasteiger partial charge in [0.25, 0.3) is 0 Å². The molecule has 0 aromatic rings. The molecule has 1 rings (SSSR count). The van der Waals surface area contributed by atoms with Gasteiger partial charge in [0.1, 0.15) is 0 Å². The molecular formula is C7H15NOS. The van der Waals surface area contributed by atoms with E-state index in [9.17, 15) is 4.21 Å². The maximum Gasteiger partial charge on any atom is 0.0673 e. The van der Waals surface area contributed by atoms with Gasteiger partial charge in [-0.05, 0) is 29.2 Å². The van der Waals surface area contributed by atoms with E-state index < -0.39 is 9.52 Å². The second-order valence-electron chi connectivity index (χ2n) is 3.21. The minimum atomic E-state index is -1.71. The molecule has 1 fully saturated rings. The third kappa shape index (κ3) is 1.73. The molecular weight excluding hydrogens is 146 g/mol. The summed E-state index contributed by atoms with van der Waals surface area (Å²) in [5, 5.41) is 0. The van der Waals surface area contributed by atoms with E-state index in [2.05, 4.69) is 24.6 Å². The summed E-state index contributed by atoms with van der Waals surface area (Å²) < 4.78 is 11.3. The lowest BCUT2D eigenvalue weighted by molar-refractivity contribution is 0.290. The molecule has 0 radical (unpaired) electrons. The van der Waals surface area contributed by atoms with Crippen molar-refractivity contribution in [3.63, 3.8) is 0 Å². The fraction of sp³-hybridized carbons (Fsp3) is 0.857. The maximum absolute atomic E-state index is 11.3. The van der Waals surface area contributed by atoms with Crippen molar-refractivity contribution in [3.05, 3.63) is 0 Å². The number of hydrogen-bond acceptors (Lipinski definition) is 2. The summed E-state index contributed by atoms with van der Waals surface area (Å²) in [5.74, 6) is 5.17. The summed E-state index contributed by atoms with van der Waals surface area (Å²) in [6.07, 6.45) is 0. The van der Waals surface area contributed by atoms with Gasteiger partial charge in [0.05, 0.1) is 5.88 Å². The van der Waals surface area contributed by atoms with E-state index in [1.165, 1.54) is 0 Å². The molecule has 1 atom stereocenters. The summed E-state index contributed by atoms with van der Waals surface area (Å²) in [4.78, 5) is 2.22. The molecule has 0 spiro atoms. The summed E-state index contributed by atoms with van der Waals surface area (Å²) >= 11 is 0. The van der Waals surface area contributed by atoms with Gasteiger partial charge in [-0.25, -0.2) is 0 Å². The van der Waals surface area contributed by atoms with Gasteiger partial charge in [-0.3, -0.25) is 9.11 Å². The van der Waals surface area contributed by atoms with Crippen LogP contribution in [0.5, 0.6) is 0 Å². The van der Waals surface area contributed by atoms with Gasteiger partial charge < -0.3 is 0 Å². The molecule has 0 N–H and O–H groups in total. The van der Waals surface area contributed by atoms with Gasteiger partial charge in [-0.15, -0.1) is 0 Å². The van der Waals surface area contributed by atoms with E-state index in [1.807, 2.05) is 0 Å². The molecule has 1 saturated heterocycles. The Balaban J connectivity index is 2.60. The van der Waals surface area contributed by atoms with Gasteiger partial charge >= 0.3 is 0 Å². The van der Waals surface area contributed by atoms with E-state index in [-0.39, 0.29) is 0 Å². The van der Waals surface area contributed by atoms with Crippen LogP contribution in [-0.2, 0) is 9.52 Å². The lowest BCUT2D eigenvalue weighted by Crippen LogP contribution is -2.28. The van der Waals surface area contributed by atoms with Crippen molar-refractivity contribution in [1.82, 2.24) is 4.90 Å². The first-order valence-corrected chi connectivity index (χ1v) is 5.64. The molecule has 10 heavy (non-hydrogen) atoms. The number of rotatable bonds is 1. The zero-order valence-corrected chi connectivity index (χ0v) is 7.49. The maximum atomic E-state index is 11.3. The zero-order valence-electron chi connectivity index (χ0n) is 6.67. The summed E-state index contributed by atoms with van der Waals surface area (Å²) in [5.41, 5.74) is 0. The molecule has 0 saturated carbocycles. The van der Waals surface area contributed by atoms with E-state index in [0.717, 1.165) is 12.3 Å². The van der Waals surface area contributed by atoms with Crippen molar-refractivity contribution in [1.29, 1.82) is 0 Å². The van der Waals surface area contributed by atoms with Crippen LogP contribution < -0.4 is 0 Å². The van der Waals surface area contributed by atoms with Crippen LogP contribution in [0, 0.1) is 0 Å². The Kier molecular flexibility index (Phi) is 2.06. The van der Waals surface area contributed by atoms with Gasteiger partial charge in [0.2, 0.25) is 0 Å². The molecule has 0 aromatic heterocycles. The average molecular weight is 161 g/mol. The highest BCUT2D eigenvalue weighted by atomic mass is 32.2. The topological polar surface area (TPSA) is 20.3 Å². The van der Waals surface area contributed by atoms with Crippen molar-refractivity contribution < 1.29 is 4.21 Å². The molecule has 1 heterocycles. The molecule has 1 aliphatic heterocycles. The zero-order chi connectivity index (χ0) is 7.78. The first kappa shape index (κ1) is 8.08. The van der Waals surface area contributed by atoms with E-state index >= 15 is 0 Å². The van der Waals surface area contributed by atoms with Crippen LogP contribution in [0.3, 0.4) is 0 Å². The van der Waals surface area contributed by atoms with Gasteiger partial charge in [-0.1, -0.05) is 0 Å². The van der Waals surface area contributed by atoms with Crippen molar-refractivity contribution in [2.24, 2.45) is 0 Å². The standard InChI is InChI=1S/C7H15NOS/c1-7(2)8-4-5-10(3,9)6-8/h7H,3-6H2,1-2H3. The molecule has 0 amide bonds. The molecule has 3 heteroatoms. The van der Waals surface area contributed by atoms with Crippen LogP contribution in [0.15, 0.2) is 0 Å². The van der Waals surface area contributed by atoms with Crippen molar-refractivity contribution in [2.75, 3.05) is 18.2 Å². The molecule has 2 nitrogen and oxygen atoms in total. The van der Waals surface area contributed by atoms with Crippen LogP contribution in [0.25, 0.3) is 0 Å². The highest BCUT2D eigenvalue weighted by Gasteiger charge is 2.22.